The molecule has 4 aliphatic heterocycles. The number of rotatable bonds is 21. The summed E-state index contributed by atoms with van der Waals surface area (Å²) in [6.07, 6.45) is 7.16. The molecule has 82 heavy (non-hydrogen) atoms. The topological polar surface area (TPSA) is 269 Å². The summed E-state index contributed by atoms with van der Waals surface area (Å²) in [5.41, 5.74) is 16.5. The smallest absolute Gasteiger partial charge is 0.246 e. The molecule has 5 heterocycles. The molecule has 7 amide bonds. The fourth-order valence-electron chi connectivity index (χ4n) is 12.2. The lowest BCUT2D eigenvalue weighted by Gasteiger charge is -2.33. The average Bonchev–Trinajstić information content (AvgIpc) is 4.30. The third-order valence-electron chi connectivity index (χ3n) is 16.8. The van der Waals surface area contributed by atoms with Crippen LogP contribution in [0.1, 0.15) is 125 Å². The summed E-state index contributed by atoms with van der Waals surface area (Å²) >= 11 is 0. The monoisotopic (exact) mass is 1160 g/mol. The molecule has 0 radical (unpaired) electrons. The standard InChI is InChI=1S/C61H76N12O7.2ClH/c1-3-47(62)56(75)67-54-42(25-28-45-30-32-49(72(45)60(54)79)58(77)65-52(38-17-9-5-10-18-38)39-19-11-6-12-20-39)35-64-51(74)34-27-44-37-71(70-69-44)36-43-26-29-46-31-33-50(73(46)61(80)55(43)68-57(76)48(63)4-2)59(78)66-53(40-21-13-7-14-22-40)41-23-15-8-16-24-41;;/h5-24,37,42-43,45-50,52-55H,3-4,25-36,62-63H2,1-2H3,(H,64,74)(H,65,77)(H,66,78)(H,67,75)(H,68,76);2*1H/t42-,43-,45+,46+,47+,48+,49+,50+,54+,55+;;/m1../s1. The maximum absolute atomic E-state index is 14.9. The van der Waals surface area contributed by atoms with Crippen molar-refractivity contribution in [1.29, 1.82) is 0 Å². The van der Waals surface area contributed by atoms with E-state index in [0.29, 0.717) is 69.9 Å². The Balaban J connectivity index is 0.00000484. The van der Waals surface area contributed by atoms with Gasteiger partial charge in [0.25, 0.3) is 0 Å². The van der Waals surface area contributed by atoms with Crippen LogP contribution in [0, 0.1) is 11.8 Å². The summed E-state index contributed by atoms with van der Waals surface area (Å²) in [7, 11) is 0. The van der Waals surface area contributed by atoms with Crippen molar-refractivity contribution in [2.75, 3.05) is 6.54 Å². The Bertz CT molecular complexity index is 2860. The molecule has 0 aliphatic carbocycles. The number of nitrogens with one attached hydrogen (secondary N) is 5. The Kier molecular flexibility index (Phi) is 22.2. The molecular formula is C61H78Cl2N12O7. The van der Waals surface area contributed by atoms with E-state index in [2.05, 4.69) is 36.9 Å². The molecule has 4 aliphatic rings. The lowest BCUT2D eigenvalue weighted by atomic mass is 9.92. The van der Waals surface area contributed by atoms with Crippen molar-refractivity contribution in [2.24, 2.45) is 23.3 Å². The molecule has 10 atom stereocenters. The van der Waals surface area contributed by atoms with Crippen molar-refractivity contribution in [3.63, 3.8) is 0 Å². The van der Waals surface area contributed by atoms with Crippen molar-refractivity contribution in [1.82, 2.24) is 51.4 Å². The van der Waals surface area contributed by atoms with Crippen LogP contribution >= 0.6 is 24.8 Å². The molecule has 9 N–H and O–H groups in total. The number of nitrogens with zero attached hydrogens (tertiary/aromatic N) is 5. The first-order valence-corrected chi connectivity index (χ1v) is 28.5. The Hall–Kier alpha value is -7.19. The van der Waals surface area contributed by atoms with Gasteiger partial charge in [0.05, 0.1) is 29.9 Å². The zero-order valence-corrected chi connectivity index (χ0v) is 48.2. The van der Waals surface area contributed by atoms with Gasteiger partial charge >= 0.3 is 0 Å². The number of hydrogen-bond donors (Lipinski definition) is 7. The van der Waals surface area contributed by atoms with Crippen molar-refractivity contribution in [3.8, 4) is 0 Å². The van der Waals surface area contributed by atoms with Crippen LogP contribution in [0.25, 0.3) is 0 Å². The van der Waals surface area contributed by atoms with Gasteiger partial charge in [-0.05, 0) is 86.5 Å². The molecule has 4 aromatic carbocycles. The fraction of sp³-hybridized carbons (Fsp3) is 0.459. The van der Waals surface area contributed by atoms with Crippen molar-refractivity contribution in [2.45, 2.75) is 158 Å². The van der Waals surface area contributed by atoms with E-state index in [1.54, 1.807) is 34.5 Å². The van der Waals surface area contributed by atoms with Gasteiger partial charge < -0.3 is 47.9 Å². The van der Waals surface area contributed by atoms with Crippen LogP contribution in [-0.2, 0) is 46.5 Å². The highest BCUT2D eigenvalue weighted by Crippen LogP contribution is 2.37. The summed E-state index contributed by atoms with van der Waals surface area (Å²) in [5.74, 6) is -3.40. The van der Waals surface area contributed by atoms with Gasteiger partial charge in [0.2, 0.25) is 41.4 Å². The summed E-state index contributed by atoms with van der Waals surface area (Å²) in [6, 6.07) is 32.2. The highest BCUT2D eigenvalue weighted by Gasteiger charge is 2.50. The Labute approximate surface area is 492 Å². The van der Waals surface area contributed by atoms with Gasteiger partial charge in [-0.15, -0.1) is 29.9 Å². The number of hydrogen-bond acceptors (Lipinski definition) is 11. The lowest BCUT2D eigenvalue weighted by molar-refractivity contribution is -0.143. The predicted molar refractivity (Wildman–Crippen MR) is 315 cm³/mol. The number of carbonyl (C=O) groups excluding carboxylic acids is 7. The van der Waals surface area contributed by atoms with E-state index in [0.717, 1.165) is 22.3 Å². The molecule has 19 nitrogen and oxygen atoms in total. The second kappa shape index (κ2) is 29.2. The van der Waals surface area contributed by atoms with Crippen LogP contribution in [0.4, 0.5) is 0 Å². The minimum atomic E-state index is -1.04. The molecule has 21 heteroatoms. The van der Waals surface area contributed by atoms with Crippen LogP contribution < -0.4 is 38.1 Å². The summed E-state index contributed by atoms with van der Waals surface area (Å²) < 4.78 is 1.63. The molecule has 5 aromatic rings. The first-order valence-electron chi connectivity index (χ1n) is 28.5. The second-order valence-corrected chi connectivity index (χ2v) is 21.9. The minimum Gasteiger partial charge on any atom is -0.356 e. The third-order valence-corrected chi connectivity index (χ3v) is 16.8. The Morgan fingerprint density at radius 1 is 0.561 bits per heavy atom. The van der Waals surface area contributed by atoms with E-state index < -0.39 is 72.0 Å². The number of aromatic nitrogens is 3. The van der Waals surface area contributed by atoms with Crippen LogP contribution in [0.15, 0.2) is 128 Å². The molecule has 0 saturated carbocycles. The van der Waals surface area contributed by atoms with E-state index in [4.69, 9.17) is 11.5 Å². The molecule has 9 rings (SSSR count). The van der Waals surface area contributed by atoms with Gasteiger partial charge in [0.15, 0.2) is 0 Å². The number of nitrogens with two attached hydrogens (primary N) is 2. The largest absolute Gasteiger partial charge is 0.356 e. The van der Waals surface area contributed by atoms with Gasteiger partial charge in [-0.3, -0.25) is 38.2 Å². The van der Waals surface area contributed by atoms with Crippen LogP contribution in [-0.4, -0.2) is 121 Å². The van der Waals surface area contributed by atoms with Crippen LogP contribution in [0.3, 0.4) is 0 Å². The Morgan fingerprint density at radius 2 is 0.951 bits per heavy atom. The van der Waals surface area contributed by atoms with E-state index in [1.165, 1.54) is 0 Å². The highest BCUT2D eigenvalue weighted by atomic mass is 35.5. The van der Waals surface area contributed by atoms with Gasteiger partial charge in [-0.25, -0.2) is 0 Å². The number of fused-ring (bicyclic) bond motifs is 2. The van der Waals surface area contributed by atoms with Crippen molar-refractivity contribution < 1.29 is 33.6 Å². The molecule has 0 spiro atoms. The fourth-order valence-corrected chi connectivity index (χ4v) is 12.2. The first-order chi connectivity index (χ1) is 38.8. The SMILES string of the molecule is CC[C@H](N)C(=O)N[C@@H]1C(=O)N2[C@@H](CC[C@@H]1CNC(=O)CCc1cn(C[C@H]3CC[C@H]4CC[C@@H](C(=O)NC(c5ccccc5)c5ccccc5)N4C(=O)[C@H]3NC(=O)[C@@H](N)CC)nn1)CC[C@H]2C(=O)NC(c1ccccc1)c1ccccc1.Cl.Cl. The summed E-state index contributed by atoms with van der Waals surface area (Å²) in [6.45, 7) is 3.91. The maximum atomic E-state index is 14.9. The minimum absolute atomic E-state index is 0. The molecule has 1 aromatic heterocycles. The molecule has 0 bridgehead atoms. The second-order valence-electron chi connectivity index (χ2n) is 21.9. The highest BCUT2D eigenvalue weighted by molar-refractivity contribution is 5.95. The zero-order valence-electron chi connectivity index (χ0n) is 46.5. The quantitative estimate of drug-likeness (QED) is 0.0516. The van der Waals surface area contributed by atoms with Crippen molar-refractivity contribution in [3.05, 3.63) is 155 Å². The number of amides is 7. The average molecular weight is 1160 g/mol. The lowest BCUT2D eigenvalue weighted by Crippen LogP contribution is -2.59. The summed E-state index contributed by atoms with van der Waals surface area (Å²) in [5, 5.41) is 24.2. The van der Waals surface area contributed by atoms with E-state index in [-0.39, 0.29) is 92.4 Å². The van der Waals surface area contributed by atoms with Crippen LogP contribution in [0.2, 0.25) is 0 Å². The third kappa shape index (κ3) is 14.7. The molecule has 4 fully saturated rings. The van der Waals surface area contributed by atoms with E-state index >= 15 is 0 Å². The molecule has 0 unspecified atom stereocenters. The number of aryl methyl sites for hydroxylation is 1. The molecule has 4 saturated heterocycles. The zero-order chi connectivity index (χ0) is 56.3. The first kappa shape index (κ1) is 62.4. The van der Waals surface area contributed by atoms with Gasteiger partial charge in [0, 0.05) is 56.0 Å². The number of benzene rings is 4. The molecule has 438 valence electrons. The predicted octanol–water partition coefficient (Wildman–Crippen LogP) is 4.97. The Morgan fingerprint density at radius 3 is 1.37 bits per heavy atom. The number of halogens is 2. The maximum Gasteiger partial charge on any atom is 0.246 e. The van der Waals surface area contributed by atoms with Gasteiger partial charge in [-0.1, -0.05) is 140 Å². The van der Waals surface area contributed by atoms with Crippen molar-refractivity contribution >= 4 is 66.2 Å². The normalized spacial score (nSPS) is 23.0. The number of carbonyl (C=O) groups is 7. The van der Waals surface area contributed by atoms with E-state index in [9.17, 15) is 33.6 Å². The van der Waals surface area contributed by atoms with Gasteiger partial charge in [-0.2, -0.15) is 0 Å². The molecular weight excluding hydrogens is 1080 g/mol. The van der Waals surface area contributed by atoms with Crippen LogP contribution in [0.5, 0.6) is 0 Å². The van der Waals surface area contributed by atoms with E-state index in [1.807, 2.05) is 121 Å². The van der Waals surface area contributed by atoms with Gasteiger partial charge in [0.1, 0.15) is 24.2 Å². The summed E-state index contributed by atoms with van der Waals surface area (Å²) in [4.78, 5) is 102.